The molecule has 1 aromatic carbocycles. The standard InChI is InChI=1S/C12H13F4NO4S/c1-7(11(18)19)6-17(2)22(20,21)10-5-8(12(14,15)16)3-4-9(10)13/h3-5,7H,6H2,1-2H3,(H,18,19). The van der Waals surface area contributed by atoms with Gasteiger partial charge in [0.25, 0.3) is 0 Å². The lowest BCUT2D eigenvalue weighted by Gasteiger charge is -2.20. The van der Waals surface area contributed by atoms with Crippen LogP contribution in [0.2, 0.25) is 0 Å². The van der Waals surface area contributed by atoms with Gasteiger partial charge in [-0.1, -0.05) is 6.92 Å². The first-order valence-electron chi connectivity index (χ1n) is 5.93. The highest BCUT2D eigenvalue weighted by molar-refractivity contribution is 7.89. The number of sulfonamides is 1. The molecular formula is C12H13F4NO4S. The minimum atomic E-state index is -4.83. The molecule has 0 aliphatic carbocycles. The Bertz CT molecular complexity index is 672. The van der Waals surface area contributed by atoms with Crippen LogP contribution in [0, 0.1) is 11.7 Å². The van der Waals surface area contributed by atoms with E-state index < -0.39 is 50.9 Å². The molecule has 0 aromatic heterocycles. The van der Waals surface area contributed by atoms with Gasteiger partial charge in [0.05, 0.1) is 11.5 Å². The van der Waals surface area contributed by atoms with Crippen LogP contribution in [0.25, 0.3) is 0 Å². The molecule has 5 nitrogen and oxygen atoms in total. The van der Waals surface area contributed by atoms with Crippen LogP contribution in [-0.2, 0) is 21.0 Å². The Labute approximate surface area is 124 Å². The predicted molar refractivity (Wildman–Crippen MR) is 68.0 cm³/mol. The Morgan fingerprint density at radius 1 is 1.36 bits per heavy atom. The first-order chi connectivity index (χ1) is 9.87. The quantitative estimate of drug-likeness (QED) is 0.832. The molecule has 0 radical (unpaired) electrons. The van der Waals surface area contributed by atoms with E-state index in [0.29, 0.717) is 16.4 Å². The van der Waals surface area contributed by atoms with E-state index in [0.717, 1.165) is 7.05 Å². The van der Waals surface area contributed by atoms with E-state index in [-0.39, 0.29) is 6.07 Å². The maximum Gasteiger partial charge on any atom is 0.416 e. The van der Waals surface area contributed by atoms with Crippen LogP contribution < -0.4 is 0 Å². The zero-order valence-electron chi connectivity index (χ0n) is 11.6. The molecule has 0 aliphatic rings. The number of benzene rings is 1. The summed E-state index contributed by atoms with van der Waals surface area (Å²) >= 11 is 0. The van der Waals surface area contributed by atoms with Crippen molar-refractivity contribution in [2.45, 2.75) is 18.0 Å². The molecule has 0 heterocycles. The van der Waals surface area contributed by atoms with Crippen molar-refractivity contribution in [2.24, 2.45) is 5.92 Å². The first-order valence-corrected chi connectivity index (χ1v) is 7.37. The van der Waals surface area contributed by atoms with Crippen molar-refractivity contribution in [3.05, 3.63) is 29.6 Å². The summed E-state index contributed by atoms with van der Waals surface area (Å²) in [5.41, 5.74) is -1.31. The van der Waals surface area contributed by atoms with Gasteiger partial charge in [0, 0.05) is 13.6 Å². The maximum atomic E-state index is 13.6. The first kappa shape index (κ1) is 18.4. The summed E-state index contributed by atoms with van der Waals surface area (Å²) in [7, 11) is -3.62. The van der Waals surface area contributed by atoms with Crippen LogP contribution in [0.15, 0.2) is 23.1 Å². The minimum absolute atomic E-state index is 0.187. The molecule has 124 valence electrons. The van der Waals surface area contributed by atoms with Gasteiger partial charge in [0.15, 0.2) is 0 Å². The predicted octanol–water partition coefficient (Wildman–Crippen LogP) is 2.19. The monoisotopic (exact) mass is 343 g/mol. The van der Waals surface area contributed by atoms with Crippen molar-refractivity contribution in [2.75, 3.05) is 13.6 Å². The van der Waals surface area contributed by atoms with Crippen LogP contribution in [0.1, 0.15) is 12.5 Å². The molecule has 1 unspecified atom stereocenters. The minimum Gasteiger partial charge on any atom is -0.481 e. The van der Waals surface area contributed by atoms with E-state index in [1.165, 1.54) is 6.92 Å². The summed E-state index contributed by atoms with van der Waals surface area (Å²) in [4.78, 5) is 9.56. The summed E-state index contributed by atoms with van der Waals surface area (Å²) in [6, 6.07) is 1.02. The van der Waals surface area contributed by atoms with Crippen molar-refractivity contribution < 1.29 is 35.9 Å². The van der Waals surface area contributed by atoms with Gasteiger partial charge in [-0.3, -0.25) is 4.79 Å². The second kappa shape index (κ2) is 6.21. The van der Waals surface area contributed by atoms with Crippen LogP contribution in [-0.4, -0.2) is 37.4 Å². The number of nitrogens with zero attached hydrogens (tertiary/aromatic N) is 1. The summed E-state index contributed by atoms with van der Waals surface area (Å²) in [6.45, 7) is 0.712. The second-order valence-electron chi connectivity index (χ2n) is 4.67. The molecule has 10 heteroatoms. The highest BCUT2D eigenvalue weighted by Crippen LogP contribution is 2.32. The van der Waals surface area contributed by atoms with Gasteiger partial charge in [-0.25, -0.2) is 12.8 Å². The molecule has 1 rings (SSSR count). The zero-order chi connectivity index (χ0) is 17.3. The smallest absolute Gasteiger partial charge is 0.416 e. The largest absolute Gasteiger partial charge is 0.481 e. The maximum absolute atomic E-state index is 13.6. The van der Waals surface area contributed by atoms with Crippen molar-refractivity contribution in [1.29, 1.82) is 0 Å². The second-order valence-corrected chi connectivity index (χ2v) is 6.68. The van der Waals surface area contributed by atoms with Crippen molar-refractivity contribution >= 4 is 16.0 Å². The lowest BCUT2D eigenvalue weighted by molar-refractivity contribution is -0.141. The fraction of sp³-hybridized carbons (Fsp3) is 0.417. The number of hydrogen-bond acceptors (Lipinski definition) is 3. The van der Waals surface area contributed by atoms with E-state index in [4.69, 9.17) is 5.11 Å². The van der Waals surface area contributed by atoms with E-state index in [2.05, 4.69) is 0 Å². The fourth-order valence-corrected chi connectivity index (χ4v) is 2.95. The number of carboxylic acid groups (broad SMARTS) is 1. The highest BCUT2D eigenvalue weighted by Gasteiger charge is 2.34. The number of carbonyl (C=O) groups is 1. The number of halogens is 4. The van der Waals surface area contributed by atoms with Crippen molar-refractivity contribution in [3.8, 4) is 0 Å². The molecule has 1 N–H and O–H groups in total. The normalized spacial score (nSPS) is 14.1. The average Bonchev–Trinajstić information content (AvgIpc) is 2.37. The summed E-state index contributed by atoms with van der Waals surface area (Å²) in [5.74, 6) is -3.73. The van der Waals surface area contributed by atoms with Gasteiger partial charge in [-0.2, -0.15) is 17.5 Å². The van der Waals surface area contributed by atoms with E-state index in [1.54, 1.807) is 0 Å². The lowest BCUT2D eigenvalue weighted by atomic mass is 10.2. The fourth-order valence-electron chi connectivity index (χ4n) is 1.61. The van der Waals surface area contributed by atoms with Gasteiger partial charge in [-0.05, 0) is 18.2 Å². The summed E-state index contributed by atoms with van der Waals surface area (Å²) < 4.78 is 76.1. The van der Waals surface area contributed by atoms with Gasteiger partial charge in [0.1, 0.15) is 10.7 Å². The van der Waals surface area contributed by atoms with E-state index in [9.17, 15) is 30.8 Å². The summed E-state index contributed by atoms with van der Waals surface area (Å²) in [5, 5.41) is 8.73. The number of alkyl halides is 3. The van der Waals surface area contributed by atoms with E-state index in [1.807, 2.05) is 0 Å². The molecule has 0 spiro atoms. The van der Waals surface area contributed by atoms with Gasteiger partial charge in [-0.15, -0.1) is 0 Å². The molecule has 0 aliphatic heterocycles. The average molecular weight is 343 g/mol. The summed E-state index contributed by atoms with van der Waals surface area (Å²) in [6.07, 6.45) is -4.83. The number of carboxylic acids is 1. The van der Waals surface area contributed by atoms with Gasteiger partial charge < -0.3 is 5.11 Å². The number of rotatable bonds is 5. The molecule has 0 saturated heterocycles. The molecule has 1 atom stereocenters. The van der Waals surface area contributed by atoms with Crippen LogP contribution in [0.3, 0.4) is 0 Å². The Morgan fingerprint density at radius 3 is 2.36 bits per heavy atom. The Hall–Kier alpha value is -1.68. The molecule has 0 saturated carbocycles. The number of hydrogen-bond donors (Lipinski definition) is 1. The molecular weight excluding hydrogens is 330 g/mol. The zero-order valence-corrected chi connectivity index (χ0v) is 12.4. The third-order valence-corrected chi connectivity index (χ3v) is 4.74. The van der Waals surface area contributed by atoms with Crippen molar-refractivity contribution in [1.82, 2.24) is 4.31 Å². The third kappa shape index (κ3) is 3.95. The topological polar surface area (TPSA) is 74.7 Å². The lowest BCUT2D eigenvalue weighted by Crippen LogP contribution is -2.34. The van der Waals surface area contributed by atoms with E-state index >= 15 is 0 Å². The highest BCUT2D eigenvalue weighted by atomic mass is 32.2. The Balaban J connectivity index is 3.25. The molecule has 22 heavy (non-hydrogen) atoms. The van der Waals surface area contributed by atoms with Crippen LogP contribution in [0.5, 0.6) is 0 Å². The third-order valence-electron chi connectivity index (χ3n) is 2.90. The molecule has 0 bridgehead atoms. The molecule has 0 amide bonds. The van der Waals surface area contributed by atoms with Gasteiger partial charge >= 0.3 is 12.1 Å². The molecule has 0 fully saturated rings. The number of aliphatic carboxylic acids is 1. The van der Waals surface area contributed by atoms with Crippen LogP contribution >= 0.6 is 0 Å². The Morgan fingerprint density at radius 2 is 1.91 bits per heavy atom. The van der Waals surface area contributed by atoms with Gasteiger partial charge in [0.2, 0.25) is 10.0 Å². The SMILES string of the molecule is CC(CN(C)S(=O)(=O)c1cc(C(F)(F)F)ccc1F)C(=O)O. The van der Waals surface area contributed by atoms with Crippen LogP contribution in [0.4, 0.5) is 17.6 Å². The Kier molecular flexibility index (Phi) is 5.18. The van der Waals surface area contributed by atoms with Crippen molar-refractivity contribution in [3.63, 3.8) is 0 Å². The molecule has 1 aromatic rings.